The van der Waals surface area contributed by atoms with Gasteiger partial charge in [0.15, 0.2) is 0 Å². The summed E-state index contributed by atoms with van der Waals surface area (Å²) in [5, 5.41) is 12.9. The lowest BCUT2D eigenvalue weighted by molar-refractivity contribution is 0.119. The fourth-order valence-corrected chi connectivity index (χ4v) is 3.14. The molecule has 0 radical (unpaired) electrons. The van der Waals surface area contributed by atoms with Gasteiger partial charge in [-0.05, 0) is 44.4 Å². The number of ether oxygens (including phenoxy) is 1. The summed E-state index contributed by atoms with van der Waals surface area (Å²) in [6, 6.07) is 0.697. The lowest BCUT2D eigenvalue weighted by Crippen LogP contribution is -2.42. The van der Waals surface area contributed by atoms with Crippen molar-refractivity contribution in [1.82, 2.24) is 5.32 Å². The molecule has 100 valence electrons. The van der Waals surface area contributed by atoms with Gasteiger partial charge in [0.25, 0.3) is 0 Å². The molecule has 1 aliphatic carbocycles. The maximum atomic E-state index is 9.18. The molecule has 2 N–H and O–H groups in total. The third-order valence-electron chi connectivity index (χ3n) is 4.61. The quantitative estimate of drug-likeness (QED) is 0.773. The van der Waals surface area contributed by atoms with E-state index in [2.05, 4.69) is 12.2 Å². The van der Waals surface area contributed by atoms with Gasteiger partial charge in [-0.2, -0.15) is 0 Å². The summed E-state index contributed by atoms with van der Waals surface area (Å²) in [6.45, 7) is 5.35. The van der Waals surface area contributed by atoms with Crippen molar-refractivity contribution in [3.8, 4) is 0 Å². The van der Waals surface area contributed by atoms with Gasteiger partial charge >= 0.3 is 0 Å². The number of nitrogens with one attached hydrogen (secondary N) is 1. The van der Waals surface area contributed by atoms with Crippen LogP contribution in [-0.4, -0.2) is 37.5 Å². The van der Waals surface area contributed by atoms with Crippen LogP contribution in [0.1, 0.15) is 45.4 Å². The number of hydrogen-bond acceptors (Lipinski definition) is 3. The van der Waals surface area contributed by atoms with Crippen LogP contribution in [0.2, 0.25) is 0 Å². The summed E-state index contributed by atoms with van der Waals surface area (Å²) < 4.78 is 5.52. The third-order valence-corrected chi connectivity index (χ3v) is 4.61. The largest absolute Gasteiger partial charge is 0.396 e. The van der Waals surface area contributed by atoms with E-state index in [1.165, 1.54) is 25.7 Å². The first-order chi connectivity index (χ1) is 8.24. The van der Waals surface area contributed by atoms with Crippen molar-refractivity contribution in [2.75, 3.05) is 26.4 Å². The molecule has 0 aromatic carbocycles. The molecule has 3 heteroatoms. The van der Waals surface area contributed by atoms with Crippen LogP contribution in [0.25, 0.3) is 0 Å². The first-order valence-corrected chi connectivity index (χ1v) is 7.16. The zero-order chi connectivity index (χ0) is 12.1. The standard InChI is InChI=1S/C14H27NO2/c1-12-2-4-13(5-3-12)15-10-14(6-8-16)7-9-17-11-14/h12-13,15-16H,2-11H2,1H3. The average Bonchev–Trinajstić information content (AvgIpc) is 2.78. The van der Waals surface area contributed by atoms with E-state index in [0.29, 0.717) is 6.04 Å². The van der Waals surface area contributed by atoms with Crippen LogP contribution in [0.3, 0.4) is 0 Å². The molecule has 17 heavy (non-hydrogen) atoms. The summed E-state index contributed by atoms with van der Waals surface area (Å²) in [4.78, 5) is 0. The molecule has 1 aliphatic heterocycles. The van der Waals surface area contributed by atoms with Crippen LogP contribution in [0.4, 0.5) is 0 Å². The van der Waals surface area contributed by atoms with Crippen molar-refractivity contribution in [2.24, 2.45) is 11.3 Å². The third kappa shape index (κ3) is 3.67. The van der Waals surface area contributed by atoms with Crippen molar-refractivity contribution < 1.29 is 9.84 Å². The normalized spacial score (nSPS) is 38.5. The predicted molar refractivity (Wildman–Crippen MR) is 69.0 cm³/mol. The van der Waals surface area contributed by atoms with Gasteiger partial charge in [-0.3, -0.25) is 0 Å². The highest BCUT2D eigenvalue weighted by atomic mass is 16.5. The Balaban J connectivity index is 1.75. The highest BCUT2D eigenvalue weighted by molar-refractivity contribution is 4.87. The van der Waals surface area contributed by atoms with Crippen LogP contribution in [-0.2, 0) is 4.74 Å². The van der Waals surface area contributed by atoms with E-state index in [9.17, 15) is 5.11 Å². The zero-order valence-corrected chi connectivity index (χ0v) is 11.1. The molecule has 2 fully saturated rings. The van der Waals surface area contributed by atoms with Crippen molar-refractivity contribution in [3.63, 3.8) is 0 Å². The Bertz CT molecular complexity index is 218. The van der Waals surface area contributed by atoms with Gasteiger partial charge in [-0.15, -0.1) is 0 Å². The Hall–Kier alpha value is -0.120. The molecule has 1 saturated heterocycles. The molecule has 0 aromatic rings. The van der Waals surface area contributed by atoms with Gasteiger partial charge in [0.05, 0.1) is 6.61 Å². The Labute approximate surface area is 105 Å². The second kappa shape index (κ2) is 6.17. The maximum absolute atomic E-state index is 9.18. The first-order valence-electron chi connectivity index (χ1n) is 7.16. The smallest absolute Gasteiger partial charge is 0.0536 e. The van der Waals surface area contributed by atoms with E-state index in [1.54, 1.807) is 0 Å². The average molecular weight is 241 g/mol. The molecule has 0 amide bonds. The summed E-state index contributed by atoms with van der Waals surface area (Å²) in [5.74, 6) is 0.911. The van der Waals surface area contributed by atoms with Crippen molar-refractivity contribution in [2.45, 2.75) is 51.5 Å². The van der Waals surface area contributed by atoms with E-state index in [0.717, 1.165) is 38.5 Å². The Morgan fingerprint density at radius 3 is 2.65 bits per heavy atom. The second-order valence-corrected chi connectivity index (χ2v) is 6.11. The fraction of sp³-hybridized carbons (Fsp3) is 1.00. The molecule has 1 heterocycles. The molecule has 0 spiro atoms. The topological polar surface area (TPSA) is 41.5 Å². The zero-order valence-electron chi connectivity index (χ0n) is 11.1. The molecule has 1 unspecified atom stereocenters. The Morgan fingerprint density at radius 2 is 2.06 bits per heavy atom. The van der Waals surface area contributed by atoms with Gasteiger partial charge in [-0.1, -0.05) is 6.92 Å². The first kappa shape index (κ1) is 13.3. The molecule has 1 saturated carbocycles. The lowest BCUT2D eigenvalue weighted by atomic mass is 9.82. The Morgan fingerprint density at radius 1 is 1.29 bits per heavy atom. The van der Waals surface area contributed by atoms with Gasteiger partial charge in [0.1, 0.15) is 0 Å². The molecule has 2 aliphatic rings. The molecule has 3 nitrogen and oxygen atoms in total. The minimum atomic E-state index is 0.206. The van der Waals surface area contributed by atoms with Crippen LogP contribution >= 0.6 is 0 Å². The van der Waals surface area contributed by atoms with Crippen LogP contribution < -0.4 is 5.32 Å². The highest BCUT2D eigenvalue weighted by Gasteiger charge is 2.34. The number of hydrogen-bond donors (Lipinski definition) is 2. The van der Waals surface area contributed by atoms with E-state index in [1.807, 2.05) is 0 Å². The van der Waals surface area contributed by atoms with Gasteiger partial charge in [-0.25, -0.2) is 0 Å². The van der Waals surface area contributed by atoms with E-state index in [4.69, 9.17) is 4.74 Å². The van der Waals surface area contributed by atoms with E-state index < -0.39 is 0 Å². The molecule has 0 aromatic heterocycles. The monoisotopic (exact) mass is 241 g/mol. The minimum absolute atomic E-state index is 0.206. The summed E-state index contributed by atoms with van der Waals surface area (Å²) in [6.07, 6.45) is 7.34. The highest BCUT2D eigenvalue weighted by Crippen LogP contribution is 2.32. The van der Waals surface area contributed by atoms with Crippen molar-refractivity contribution in [3.05, 3.63) is 0 Å². The molecular weight excluding hydrogens is 214 g/mol. The summed E-state index contributed by atoms with van der Waals surface area (Å²) >= 11 is 0. The van der Waals surface area contributed by atoms with Crippen LogP contribution in [0.15, 0.2) is 0 Å². The van der Waals surface area contributed by atoms with E-state index >= 15 is 0 Å². The van der Waals surface area contributed by atoms with Crippen molar-refractivity contribution in [1.29, 1.82) is 0 Å². The van der Waals surface area contributed by atoms with E-state index in [-0.39, 0.29) is 12.0 Å². The Kier molecular flexibility index (Phi) is 4.83. The number of rotatable bonds is 5. The van der Waals surface area contributed by atoms with Crippen LogP contribution in [0, 0.1) is 11.3 Å². The second-order valence-electron chi connectivity index (χ2n) is 6.11. The SMILES string of the molecule is CC1CCC(NCC2(CCO)CCOC2)CC1. The fourth-order valence-electron chi connectivity index (χ4n) is 3.14. The predicted octanol–water partition coefficient (Wildman–Crippen LogP) is 1.94. The molecule has 1 atom stereocenters. The number of aliphatic hydroxyl groups is 1. The maximum Gasteiger partial charge on any atom is 0.0536 e. The van der Waals surface area contributed by atoms with Gasteiger partial charge < -0.3 is 15.2 Å². The lowest BCUT2D eigenvalue weighted by Gasteiger charge is -2.32. The van der Waals surface area contributed by atoms with Crippen molar-refractivity contribution >= 4 is 0 Å². The summed E-state index contributed by atoms with van der Waals surface area (Å²) in [7, 11) is 0. The number of aliphatic hydroxyl groups excluding tert-OH is 1. The molecule has 2 rings (SSSR count). The minimum Gasteiger partial charge on any atom is -0.396 e. The summed E-state index contributed by atoms with van der Waals surface area (Å²) in [5.41, 5.74) is 0.206. The molecule has 0 bridgehead atoms. The molecular formula is C14H27NO2. The van der Waals surface area contributed by atoms with Gasteiger partial charge in [0.2, 0.25) is 0 Å². The van der Waals surface area contributed by atoms with Gasteiger partial charge in [0, 0.05) is 31.2 Å². The van der Waals surface area contributed by atoms with Crippen LogP contribution in [0.5, 0.6) is 0 Å².